The fraction of sp³-hybridized carbons (Fsp3) is 0.533. The molecule has 2 rings (SSSR count). The lowest BCUT2D eigenvalue weighted by Gasteiger charge is -2.22. The van der Waals surface area contributed by atoms with Crippen LogP contribution in [0.5, 0.6) is 0 Å². The van der Waals surface area contributed by atoms with Crippen LogP contribution in [0.15, 0.2) is 12.1 Å². The lowest BCUT2D eigenvalue weighted by atomic mass is 9.82. The third kappa shape index (κ3) is 2.05. The summed E-state index contributed by atoms with van der Waals surface area (Å²) in [4.78, 5) is 22.3. The number of fused-ring (bicyclic) bond motifs is 1. The van der Waals surface area contributed by atoms with Crippen molar-refractivity contribution >= 4 is 11.5 Å². The SMILES string of the molecule is CC(=O)c1cc2c(cc1[N+](=O)[O-])C(C)(C)CC2(C)C. The highest BCUT2D eigenvalue weighted by atomic mass is 16.6. The van der Waals surface area contributed by atoms with Crippen LogP contribution in [-0.4, -0.2) is 10.7 Å². The van der Waals surface area contributed by atoms with E-state index in [1.54, 1.807) is 12.1 Å². The average molecular weight is 261 g/mol. The molecule has 4 heteroatoms. The first-order chi connectivity index (χ1) is 8.56. The summed E-state index contributed by atoms with van der Waals surface area (Å²) in [6.45, 7) is 9.81. The molecule has 0 saturated heterocycles. The molecular weight excluding hydrogens is 242 g/mol. The summed E-state index contributed by atoms with van der Waals surface area (Å²) >= 11 is 0. The lowest BCUT2D eigenvalue weighted by molar-refractivity contribution is -0.385. The van der Waals surface area contributed by atoms with Gasteiger partial charge in [-0.3, -0.25) is 14.9 Å². The van der Waals surface area contributed by atoms with Gasteiger partial charge in [-0.2, -0.15) is 0 Å². The number of nitrogens with zero attached hydrogens (tertiary/aromatic N) is 1. The van der Waals surface area contributed by atoms with Gasteiger partial charge in [0, 0.05) is 6.07 Å². The van der Waals surface area contributed by atoms with Crippen molar-refractivity contribution in [1.82, 2.24) is 0 Å². The minimum atomic E-state index is -0.460. The lowest BCUT2D eigenvalue weighted by Crippen LogP contribution is -2.18. The number of ketones is 1. The molecule has 1 aromatic carbocycles. The molecule has 4 nitrogen and oxygen atoms in total. The number of hydrogen-bond acceptors (Lipinski definition) is 3. The molecule has 0 fully saturated rings. The summed E-state index contributed by atoms with van der Waals surface area (Å²) < 4.78 is 0. The highest BCUT2D eigenvalue weighted by Gasteiger charge is 2.43. The van der Waals surface area contributed by atoms with Crippen LogP contribution in [-0.2, 0) is 10.8 Å². The van der Waals surface area contributed by atoms with Crippen molar-refractivity contribution in [3.8, 4) is 0 Å². The van der Waals surface area contributed by atoms with Gasteiger partial charge >= 0.3 is 0 Å². The fourth-order valence-electron chi connectivity index (χ4n) is 3.44. The molecule has 0 amide bonds. The Bertz CT molecular complexity index is 534. The predicted octanol–water partition coefficient (Wildman–Crippen LogP) is 3.76. The first-order valence-electron chi connectivity index (χ1n) is 6.40. The Kier molecular flexibility index (Phi) is 2.81. The van der Waals surface area contributed by atoms with E-state index in [2.05, 4.69) is 27.7 Å². The molecule has 0 N–H and O–H groups in total. The Balaban J connectivity index is 2.79. The first kappa shape index (κ1) is 13.7. The van der Waals surface area contributed by atoms with Crippen molar-refractivity contribution in [3.63, 3.8) is 0 Å². The number of benzene rings is 1. The summed E-state index contributed by atoms with van der Waals surface area (Å²) in [5.74, 6) is -0.255. The zero-order valence-electron chi connectivity index (χ0n) is 12.0. The molecule has 1 aliphatic carbocycles. The van der Waals surface area contributed by atoms with E-state index in [-0.39, 0.29) is 27.9 Å². The standard InChI is InChI=1S/C15H19NO3/c1-9(17)10-6-11-12(7-13(10)16(18)19)15(4,5)8-14(11,2)3/h6-7H,8H2,1-5H3. The van der Waals surface area contributed by atoms with Crippen molar-refractivity contribution in [3.05, 3.63) is 38.9 Å². The Morgan fingerprint density at radius 1 is 1.16 bits per heavy atom. The van der Waals surface area contributed by atoms with Crippen LogP contribution in [0.2, 0.25) is 0 Å². The number of carbonyl (C=O) groups excluding carboxylic acids is 1. The highest BCUT2D eigenvalue weighted by molar-refractivity contribution is 5.98. The second-order valence-corrected chi connectivity index (χ2v) is 6.67. The van der Waals surface area contributed by atoms with E-state index in [1.807, 2.05) is 0 Å². The van der Waals surface area contributed by atoms with E-state index in [0.717, 1.165) is 17.5 Å². The van der Waals surface area contributed by atoms with Crippen molar-refractivity contribution in [2.24, 2.45) is 0 Å². The second kappa shape index (κ2) is 3.89. The maximum absolute atomic E-state index is 11.6. The van der Waals surface area contributed by atoms with Gasteiger partial charge in [0.05, 0.1) is 10.5 Å². The van der Waals surface area contributed by atoms with E-state index >= 15 is 0 Å². The largest absolute Gasteiger partial charge is 0.294 e. The predicted molar refractivity (Wildman–Crippen MR) is 73.8 cm³/mol. The number of hydrogen-bond donors (Lipinski definition) is 0. The molecule has 1 aromatic rings. The molecule has 0 unspecified atom stereocenters. The minimum absolute atomic E-state index is 0.0574. The summed E-state index contributed by atoms with van der Waals surface area (Å²) in [5, 5.41) is 11.2. The fourth-order valence-corrected chi connectivity index (χ4v) is 3.44. The summed E-state index contributed by atoms with van der Waals surface area (Å²) in [5.41, 5.74) is 2.05. The average Bonchev–Trinajstić information content (AvgIpc) is 2.42. The zero-order valence-corrected chi connectivity index (χ0v) is 12.0. The maximum atomic E-state index is 11.6. The highest BCUT2D eigenvalue weighted by Crippen LogP contribution is 2.50. The number of Topliss-reactive ketones (excluding diaryl/α,β-unsaturated/α-hetero) is 1. The number of carbonyl (C=O) groups is 1. The Morgan fingerprint density at radius 3 is 2.05 bits per heavy atom. The smallest absolute Gasteiger partial charge is 0.280 e. The summed E-state index contributed by atoms with van der Waals surface area (Å²) in [6, 6.07) is 3.32. The van der Waals surface area contributed by atoms with Crippen LogP contribution in [0.25, 0.3) is 0 Å². The minimum Gasteiger partial charge on any atom is -0.294 e. The van der Waals surface area contributed by atoms with Crippen molar-refractivity contribution in [2.45, 2.75) is 51.9 Å². The van der Waals surface area contributed by atoms with Crippen LogP contribution in [0.1, 0.15) is 62.5 Å². The molecule has 0 radical (unpaired) electrons. The van der Waals surface area contributed by atoms with Crippen LogP contribution < -0.4 is 0 Å². The van der Waals surface area contributed by atoms with Gasteiger partial charge in [-0.1, -0.05) is 27.7 Å². The number of rotatable bonds is 2. The molecule has 102 valence electrons. The van der Waals surface area contributed by atoms with Gasteiger partial charge in [0.25, 0.3) is 5.69 Å². The van der Waals surface area contributed by atoms with Gasteiger partial charge in [-0.05, 0) is 41.4 Å². The van der Waals surface area contributed by atoms with E-state index in [9.17, 15) is 14.9 Å². The quantitative estimate of drug-likeness (QED) is 0.462. The Morgan fingerprint density at radius 2 is 1.63 bits per heavy atom. The maximum Gasteiger partial charge on any atom is 0.280 e. The monoisotopic (exact) mass is 261 g/mol. The summed E-state index contributed by atoms with van der Waals surface area (Å²) in [6.07, 6.45) is 0.924. The molecule has 1 aliphatic rings. The van der Waals surface area contributed by atoms with Gasteiger partial charge in [-0.15, -0.1) is 0 Å². The third-order valence-corrected chi connectivity index (χ3v) is 4.05. The Labute approximate surface area is 113 Å². The van der Waals surface area contributed by atoms with Crippen molar-refractivity contribution in [2.75, 3.05) is 0 Å². The number of nitro groups is 1. The molecule has 0 aliphatic heterocycles. The molecule has 0 spiro atoms. The Hall–Kier alpha value is -1.71. The van der Waals surface area contributed by atoms with Crippen molar-refractivity contribution in [1.29, 1.82) is 0 Å². The van der Waals surface area contributed by atoms with Gasteiger partial charge < -0.3 is 0 Å². The molecular formula is C15H19NO3. The van der Waals surface area contributed by atoms with Crippen molar-refractivity contribution < 1.29 is 9.72 Å². The van der Waals surface area contributed by atoms with E-state index in [4.69, 9.17) is 0 Å². The van der Waals surface area contributed by atoms with Gasteiger partial charge in [0.15, 0.2) is 5.78 Å². The second-order valence-electron chi connectivity index (χ2n) is 6.67. The van der Waals surface area contributed by atoms with Gasteiger partial charge in [-0.25, -0.2) is 0 Å². The van der Waals surface area contributed by atoms with Crippen LogP contribution in [0.3, 0.4) is 0 Å². The zero-order chi connectivity index (χ0) is 14.6. The van der Waals surface area contributed by atoms with Gasteiger partial charge in [0.2, 0.25) is 0 Å². The van der Waals surface area contributed by atoms with E-state index in [0.29, 0.717) is 0 Å². The van der Waals surface area contributed by atoms with Gasteiger partial charge in [0.1, 0.15) is 0 Å². The van der Waals surface area contributed by atoms with Crippen LogP contribution in [0.4, 0.5) is 5.69 Å². The molecule has 0 aromatic heterocycles. The van der Waals surface area contributed by atoms with E-state index < -0.39 is 4.92 Å². The van der Waals surface area contributed by atoms with Crippen LogP contribution in [0, 0.1) is 10.1 Å². The molecule has 19 heavy (non-hydrogen) atoms. The topological polar surface area (TPSA) is 60.2 Å². The molecule has 0 heterocycles. The first-order valence-corrected chi connectivity index (χ1v) is 6.40. The molecule has 0 atom stereocenters. The molecule has 0 saturated carbocycles. The van der Waals surface area contributed by atoms with E-state index in [1.165, 1.54) is 6.92 Å². The van der Waals surface area contributed by atoms with Crippen LogP contribution >= 0.6 is 0 Å². The molecule has 0 bridgehead atoms. The summed E-state index contributed by atoms with van der Waals surface area (Å²) in [7, 11) is 0. The number of nitro benzene ring substituents is 1. The normalized spacial score (nSPS) is 19.0. The third-order valence-electron chi connectivity index (χ3n) is 4.05.